The van der Waals surface area contributed by atoms with Crippen LogP contribution in [0.4, 0.5) is 0 Å². The van der Waals surface area contributed by atoms with E-state index in [-0.39, 0.29) is 22.3 Å². The highest BCUT2D eigenvalue weighted by atomic mass is 35.5. The summed E-state index contributed by atoms with van der Waals surface area (Å²) in [7, 11) is 1.91. The maximum absolute atomic E-state index is 10.4. The summed E-state index contributed by atoms with van der Waals surface area (Å²) in [6, 6.07) is 30.0. The number of aryl methyl sites for hydroxylation is 1. The second-order valence-electron chi connectivity index (χ2n) is 12.2. The van der Waals surface area contributed by atoms with Crippen LogP contribution in [0.15, 0.2) is 97.1 Å². The van der Waals surface area contributed by atoms with E-state index in [1.165, 1.54) is 6.07 Å². The molecule has 0 aliphatic rings. The second-order valence-corrected chi connectivity index (χ2v) is 13.5. The van der Waals surface area contributed by atoms with Gasteiger partial charge < -0.3 is 20.4 Å². The van der Waals surface area contributed by atoms with E-state index >= 15 is 0 Å². The summed E-state index contributed by atoms with van der Waals surface area (Å²) in [4.78, 5) is 4.16. The minimum Gasteiger partial charge on any atom is -0.508 e. The Hall–Kier alpha value is -4.17. The van der Waals surface area contributed by atoms with Crippen molar-refractivity contribution in [3.63, 3.8) is 0 Å². The molecule has 0 fully saturated rings. The molecular weight excluding hydrogens is 679 g/mol. The van der Waals surface area contributed by atoms with Gasteiger partial charge in [-0.05, 0) is 84.0 Å². The van der Waals surface area contributed by atoms with Gasteiger partial charge in [0, 0.05) is 58.5 Å². The average molecular weight is 718 g/mol. The monoisotopic (exact) mass is 716 g/mol. The van der Waals surface area contributed by atoms with E-state index in [9.17, 15) is 20.4 Å². The summed E-state index contributed by atoms with van der Waals surface area (Å²) in [5.74, 6) is 0.873. The van der Waals surface area contributed by atoms with E-state index in [1.807, 2.05) is 79.5 Å². The van der Waals surface area contributed by atoms with Gasteiger partial charge in [0.1, 0.15) is 23.0 Å². The predicted molar refractivity (Wildman–Crippen MR) is 202 cm³/mol. The van der Waals surface area contributed by atoms with Crippen molar-refractivity contribution in [2.75, 3.05) is 13.6 Å². The standard InChI is InChI=1S/C21H22ClNO2.C19H17Cl2NO2/c1-3-23(12-16-11-17(22)10-14(2)21(16)25)13-19-18-7-5-4-6-15(18)8-9-20(19)24;1-22(10-13-8-14(20)9-17(21)19(13)24)11-16-15-5-3-2-4-12(15)6-7-18(16)23/h4-11,24-25H,3,12-13H2,1-2H3;2-9,23-24H,10-11H2,1H3. The van der Waals surface area contributed by atoms with Gasteiger partial charge in [0.05, 0.1) is 5.02 Å². The molecule has 0 saturated heterocycles. The molecule has 0 bridgehead atoms. The first-order chi connectivity index (χ1) is 23.4. The molecule has 49 heavy (non-hydrogen) atoms. The smallest absolute Gasteiger partial charge is 0.138 e. The molecule has 0 saturated carbocycles. The number of phenols is 4. The molecule has 0 aromatic heterocycles. The van der Waals surface area contributed by atoms with E-state index in [0.29, 0.717) is 47.5 Å². The van der Waals surface area contributed by atoms with Crippen LogP contribution in [0.3, 0.4) is 0 Å². The van der Waals surface area contributed by atoms with E-state index in [0.717, 1.165) is 50.3 Å². The number of hydrogen-bond donors (Lipinski definition) is 4. The van der Waals surface area contributed by atoms with Crippen LogP contribution in [-0.4, -0.2) is 43.8 Å². The highest BCUT2D eigenvalue weighted by Crippen LogP contribution is 2.34. The summed E-state index contributed by atoms with van der Waals surface area (Å²) in [5, 5.41) is 46.6. The van der Waals surface area contributed by atoms with Crippen molar-refractivity contribution in [2.24, 2.45) is 0 Å². The van der Waals surface area contributed by atoms with Crippen LogP contribution in [0.2, 0.25) is 15.1 Å². The lowest BCUT2D eigenvalue weighted by molar-refractivity contribution is 0.264. The third-order valence-electron chi connectivity index (χ3n) is 8.57. The first-order valence-electron chi connectivity index (χ1n) is 15.9. The van der Waals surface area contributed by atoms with Crippen LogP contribution in [0.25, 0.3) is 21.5 Å². The van der Waals surface area contributed by atoms with Crippen molar-refractivity contribution in [3.05, 3.63) is 140 Å². The first kappa shape index (κ1) is 36.1. The molecule has 254 valence electrons. The highest BCUT2D eigenvalue weighted by Gasteiger charge is 2.16. The Labute approximate surface area is 301 Å². The van der Waals surface area contributed by atoms with Crippen molar-refractivity contribution < 1.29 is 20.4 Å². The first-order valence-corrected chi connectivity index (χ1v) is 17.0. The van der Waals surface area contributed by atoms with Gasteiger partial charge >= 0.3 is 0 Å². The molecule has 0 radical (unpaired) electrons. The molecule has 6 nitrogen and oxygen atoms in total. The quantitative estimate of drug-likeness (QED) is 0.119. The largest absolute Gasteiger partial charge is 0.508 e. The Morgan fingerprint density at radius 3 is 1.65 bits per heavy atom. The van der Waals surface area contributed by atoms with Crippen LogP contribution in [-0.2, 0) is 26.2 Å². The van der Waals surface area contributed by atoms with Crippen LogP contribution in [0.1, 0.15) is 34.7 Å². The van der Waals surface area contributed by atoms with Crippen LogP contribution in [0, 0.1) is 6.92 Å². The van der Waals surface area contributed by atoms with Gasteiger partial charge in [0.25, 0.3) is 0 Å². The number of hydrogen-bond acceptors (Lipinski definition) is 6. The SMILES string of the molecule is CCN(Cc1cc(Cl)cc(C)c1O)Cc1c(O)ccc2ccccc12.CN(Cc1cc(Cl)cc(Cl)c1O)Cc1c(O)ccc2ccccc12. The zero-order chi connectivity index (χ0) is 35.2. The van der Waals surface area contributed by atoms with Gasteiger partial charge in [-0.2, -0.15) is 0 Å². The third kappa shape index (κ3) is 8.71. The zero-order valence-electron chi connectivity index (χ0n) is 27.6. The van der Waals surface area contributed by atoms with E-state index in [4.69, 9.17) is 34.8 Å². The summed E-state index contributed by atoms with van der Waals surface area (Å²) in [6.07, 6.45) is 0. The summed E-state index contributed by atoms with van der Waals surface area (Å²) >= 11 is 18.1. The Kier molecular flexibility index (Phi) is 11.8. The Balaban J connectivity index is 0.000000191. The van der Waals surface area contributed by atoms with Gasteiger partial charge in [-0.15, -0.1) is 0 Å². The minimum absolute atomic E-state index is 0.0371. The van der Waals surface area contributed by atoms with Gasteiger partial charge in [0.2, 0.25) is 0 Å². The second kappa shape index (κ2) is 16.0. The molecule has 0 atom stereocenters. The topological polar surface area (TPSA) is 87.4 Å². The molecule has 6 aromatic rings. The molecule has 0 aliphatic carbocycles. The third-order valence-corrected chi connectivity index (χ3v) is 9.30. The molecule has 0 amide bonds. The van der Waals surface area contributed by atoms with Crippen molar-refractivity contribution in [1.82, 2.24) is 9.80 Å². The molecule has 6 rings (SSSR count). The average Bonchev–Trinajstić information content (AvgIpc) is 3.08. The van der Waals surface area contributed by atoms with Gasteiger partial charge in [-0.25, -0.2) is 0 Å². The van der Waals surface area contributed by atoms with Crippen LogP contribution in [0.5, 0.6) is 23.0 Å². The molecule has 4 N–H and O–H groups in total. The number of phenolic OH excluding ortho intramolecular Hbond substituents is 4. The van der Waals surface area contributed by atoms with Crippen LogP contribution < -0.4 is 0 Å². The fourth-order valence-electron chi connectivity index (χ4n) is 6.01. The summed E-state index contributed by atoms with van der Waals surface area (Å²) in [5.41, 5.74) is 3.97. The number of rotatable bonds is 9. The van der Waals surface area contributed by atoms with E-state index < -0.39 is 0 Å². The highest BCUT2D eigenvalue weighted by molar-refractivity contribution is 6.35. The Bertz CT molecular complexity index is 2100. The molecule has 0 unspecified atom stereocenters. The lowest BCUT2D eigenvalue weighted by atomic mass is 10.0. The molecule has 0 aliphatic heterocycles. The number of fused-ring (bicyclic) bond motifs is 2. The lowest BCUT2D eigenvalue weighted by Gasteiger charge is -2.23. The van der Waals surface area contributed by atoms with Gasteiger partial charge in [-0.1, -0.05) is 102 Å². The van der Waals surface area contributed by atoms with Crippen molar-refractivity contribution in [2.45, 2.75) is 40.0 Å². The number of benzene rings is 6. The maximum atomic E-state index is 10.4. The fraction of sp³-hybridized carbons (Fsp3) is 0.200. The van der Waals surface area contributed by atoms with Crippen molar-refractivity contribution in [1.29, 1.82) is 0 Å². The molecule has 6 aromatic carbocycles. The minimum atomic E-state index is 0.0371. The van der Waals surface area contributed by atoms with E-state index in [2.05, 4.69) is 11.8 Å². The number of halogens is 3. The normalized spacial score (nSPS) is 11.3. The number of nitrogens with zero attached hydrogens (tertiary/aromatic N) is 2. The predicted octanol–water partition coefficient (Wildman–Crippen LogP) is 10.4. The fourth-order valence-corrected chi connectivity index (χ4v) is 6.84. The summed E-state index contributed by atoms with van der Waals surface area (Å²) in [6.45, 7) is 6.83. The van der Waals surface area contributed by atoms with Crippen LogP contribution >= 0.6 is 34.8 Å². The van der Waals surface area contributed by atoms with Gasteiger partial charge in [-0.3, -0.25) is 9.80 Å². The number of aromatic hydroxyl groups is 4. The Morgan fingerprint density at radius 2 is 1.08 bits per heavy atom. The maximum Gasteiger partial charge on any atom is 0.138 e. The zero-order valence-corrected chi connectivity index (χ0v) is 29.9. The van der Waals surface area contributed by atoms with Gasteiger partial charge in [0.15, 0.2) is 0 Å². The molecule has 0 heterocycles. The molecule has 9 heteroatoms. The van der Waals surface area contributed by atoms with Crippen molar-refractivity contribution in [3.8, 4) is 23.0 Å². The Morgan fingerprint density at radius 1 is 0.571 bits per heavy atom. The van der Waals surface area contributed by atoms with E-state index in [1.54, 1.807) is 30.3 Å². The lowest BCUT2D eigenvalue weighted by Crippen LogP contribution is -2.22. The summed E-state index contributed by atoms with van der Waals surface area (Å²) < 4.78 is 0. The molecule has 0 spiro atoms. The molecular formula is C40H39Cl3N2O4. The van der Waals surface area contributed by atoms with Crippen molar-refractivity contribution >= 4 is 56.3 Å².